The number of nitro groups is 1. The van der Waals surface area contributed by atoms with Crippen molar-refractivity contribution >= 4 is 23.6 Å². The molecule has 0 unspecified atom stereocenters. The molecule has 1 amide bonds. The van der Waals surface area contributed by atoms with E-state index in [9.17, 15) is 19.3 Å². The molecule has 2 aromatic heterocycles. The van der Waals surface area contributed by atoms with Gasteiger partial charge < -0.3 is 15.4 Å². The van der Waals surface area contributed by atoms with Crippen LogP contribution in [0.25, 0.3) is 5.82 Å². The molecule has 2 aromatic carbocycles. The summed E-state index contributed by atoms with van der Waals surface area (Å²) in [5.74, 6) is -0.814. The van der Waals surface area contributed by atoms with Gasteiger partial charge in [0.2, 0.25) is 11.6 Å². The Bertz CT molecular complexity index is 1610. The van der Waals surface area contributed by atoms with Crippen molar-refractivity contribution in [2.24, 2.45) is 5.10 Å². The molecule has 5 rings (SSSR count). The molecule has 17 heteroatoms. The van der Waals surface area contributed by atoms with E-state index in [4.69, 9.17) is 15.1 Å². The third-order valence-electron chi connectivity index (χ3n) is 6.50. The number of aromatic nitrogens is 5. The molecule has 0 atom stereocenters. The summed E-state index contributed by atoms with van der Waals surface area (Å²) in [4.78, 5) is 28.3. The second-order valence-corrected chi connectivity index (χ2v) is 9.45. The number of rotatable bonds is 10. The standard InChI is InChI=1S/C25H26FN11O5/c1-34-7-9-35(10-8-34)14-20-22(29-33-36(20)24-23(27)31-42-32-24)25(38)30-28-13-17-12-19(37(39)40)5-6-21(17)41-15-16-3-2-4-18(26)11-16/h2-6,11-13H,7-10,14-15H2,1H3,(H2,27,31)(H,30,38). The first-order chi connectivity index (χ1) is 20.3. The molecule has 0 saturated carbocycles. The van der Waals surface area contributed by atoms with Gasteiger partial charge >= 0.3 is 0 Å². The van der Waals surface area contributed by atoms with E-state index in [1.54, 1.807) is 12.1 Å². The molecular weight excluding hydrogens is 553 g/mol. The van der Waals surface area contributed by atoms with Crippen molar-refractivity contribution in [1.29, 1.82) is 0 Å². The Morgan fingerprint density at radius 3 is 2.76 bits per heavy atom. The number of nitro benzene ring substituents is 1. The number of nitrogen functional groups attached to an aromatic ring is 1. The van der Waals surface area contributed by atoms with Crippen LogP contribution < -0.4 is 15.9 Å². The van der Waals surface area contributed by atoms with Crippen LogP contribution in [0.3, 0.4) is 0 Å². The second-order valence-electron chi connectivity index (χ2n) is 9.45. The Morgan fingerprint density at radius 2 is 2.05 bits per heavy atom. The molecule has 1 aliphatic rings. The van der Waals surface area contributed by atoms with E-state index in [0.717, 1.165) is 26.2 Å². The second kappa shape index (κ2) is 12.5. The fraction of sp³-hybridized carbons (Fsp3) is 0.280. The fourth-order valence-electron chi connectivity index (χ4n) is 4.23. The Kier molecular flexibility index (Phi) is 8.39. The average molecular weight is 580 g/mol. The smallest absolute Gasteiger partial charge is 0.293 e. The fourth-order valence-corrected chi connectivity index (χ4v) is 4.23. The molecule has 1 saturated heterocycles. The monoisotopic (exact) mass is 579 g/mol. The highest BCUT2D eigenvalue weighted by molar-refractivity contribution is 5.94. The van der Waals surface area contributed by atoms with Gasteiger partial charge in [-0.05, 0) is 41.1 Å². The van der Waals surface area contributed by atoms with Gasteiger partial charge in [-0.2, -0.15) is 9.78 Å². The number of nitrogens with two attached hydrogens (primary N) is 1. The summed E-state index contributed by atoms with van der Waals surface area (Å²) in [7, 11) is 2.03. The molecule has 42 heavy (non-hydrogen) atoms. The number of carbonyl (C=O) groups is 1. The number of hydrogen-bond acceptors (Lipinski definition) is 13. The molecule has 0 aliphatic carbocycles. The number of anilines is 1. The Hall–Kier alpha value is -5.29. The van der Waals surface area contributed by atoms with Crippen LogP contribution in [0.2, 0.25) is 0 Å². The molecule has 0 bridgehead atoms. The molecule has 1 fully saturated rings. The van der Waals surface area contributed by atoms with Gasteiger partial charge in [-0.3, -0.25) is 19.8 Å². The lowest BCUT2D eigenvalue weighted by Crippen LogP contribution is -2.44. The SMILES string of the molecule is CN1CCN(Cc2c(C(=O)NN=Cc3cc([N+](=O)[O-])ccc3OCc3cccc(F)c3)nnn2-c2nonc2N)CC1. The zero-order valence-corrected chi connectivity index (χ0v) is 22.4. The first-order valence-electron chi connectivity index (χ1n) is 12.7. The van der Waals surface area contributed by atoms with E-state index in [1.165, 1.54) is 41.2 Å². The molecule has 1 aliphatic heterocycles. The minimum Gasteiger partial charge on any atom is -0.488 e. The molecule has 218 valence electrons. The van der Waals surface area contributed by atoms with Crippen molar-refractivity contribution in [3.8, 4) is 11.6 Å². The van der Waals surface area contributed by atoms with E-state index in [-0.39, 0.29) is 40.9 Å². The predicted molar refractivity (Wildman–Crippen MR) is 145 cm³/mol. The summed E-state index contributed by atoms with van der Waals surface area (Å²) in [6, 6.07) is 9.76. The summed E-state index contributed by atoms with van der Waals surface area (Å²) in [6.45, 7) is 3.49. The summed E-state index contributed by atoms with van der Waals surface area (Å²) in [5.41, 5.74) is 9.17. The molecular formula is C25H26FN11O5. The van der Waals surface area contributed by atoms with Crippen LogP contribution in [0.4, 0.5) is 15.9 Å². The van der Waals surface area contributed by atoms with Crippen molar-refractivity contribution < 1.29 is 23.5 Å². The molecule has 4 aromatic rings. The van der Waals surface area contributed by atoms with Crippen LogP contribution in [0.1, 0.15) is 27.3 Å². The first-order valence-corrected chi connectivity index (χ1v) is 12.7. The summed E-state index contributed by atoms with van der Waals surface area (Å²) < 4.78 is 25.3. The van der Waals surface area contributed by atoms with Crippen LogP contribution in [-0.2, 0) is 13.2 Å². The number of hydrogen-bond donors (Lipinski definition) is 2. The van der Waals surface area contributed by atoms with Gasteiger partial charge in [-0.25, -0.2) is 14.4 Å². The molecule has 16 nitrogen and oxygen atoms in total. The van der Waals surface area contributed by atoms with Gasteiger partial charge in [-0.15, -0.1) is 5.10 Å². The maximum absolute atomic E-state index is 13.5. The van der Waals surface area contributed by atoms with E-state index >= 15 is 0 Å². The van der Waals surface area contributed by atoms with Crippen molar-refractivity contribution in [3.05, 3.63) is 80.9 Å². The normalized spacial score (nSPS) is 14.3. The number of carbonyl (C=O) groups excluding carboxylic acids is 1. The van der Waals surface area contributed by atoms with Crippen molar-refractivity contribution in [2.45, 2.75) is 13.2 Å². The van der Waals surface area contributed by atoms with Crippen LogP contribution in [0.15, 0.2) is 52.2 Å². The molecule has 3 N–H and O–H groups in total. The van der Waals surface area contributed by atoms with Crippen molar-refractivity contribution in [1.82, 2.24) is 40.5 Å². The van der Waals surface area contributed by atoms with Gasteiger partial charge in [-0.1, -0.05) is 17.3 Å². The topological polar surface area (TPSA) is 196 Å². The predicted octanol–water partition coefficient (Wildman–Crippen LogP) is 1.37. The van der Waals surface area contributed by atoms with Crippen LogP contribution in [0, 0.1) is 15.9 Å². The van der Waals surface area contributed by atoms with Crippen molar-refractivity contribution in [2.75, 3.05) is 39.0 Å². The number of hydrazone groups is 1. The van der Waals surface area contributed by atoms with Crippen molar-refractivity contribution in [3.63, 3.8) is 0 Å². The Morgan fingerprint density at radius 1 is 1.24 bits per heavy atom. The van der Waals surface area contributed by atoms with Gasteiger partial charge in [0.1, 0.15) is 18.2 Å². The number of ether oxygens (including phenoxy) is 1. The number of nitrogens with one attached hydrogen (secondary N) is 1. The lowest BCUT2D eigenvalue weighted by Gasteiger charge is -2.32. The van der Waals surface area contributed by atoms with E-state index < -0.39 is 16.6 Å². The van der Waals surface area contributed by atoms with Crippen LogP contribution >= 0.6 is 0 Å². The quantitative estimate of drug-likeness (QED) is 0.156. The number of benzene rings is 2. The lowest BCUT2D eigenvalue weighted by molar-refractivity contribution is -0.384. The number of amides is 1. The molecule has 0 spiro atoms. The minimum atomic E-state index is -0.690. The van der Waals surface area contributed by atoms with Gasteiger partial charge in [0, 0.05) is 50.4 Å². The first kappa shape index (κ1) is 28.2. The van der Waals surface area contributed by atoms with Gasteiger partial charge in [0.25, 0.3) is 11.6 Å². The summed E-state index contributed by atoms with van der Waals surface area (Å²) in [5, 5.41) is 30.7. The van der Waals surface area contributed by atoms with E-state index in [2.05, 4.69) is 41.0 Å². The van der Waals surface area contributed by atoms with E-state index in [1.807, 2.05) is 7.05 Å². The highest BCUT2D eigenvalue weighted by atomic mass is 19.1. The third kappa shape index (κ3) is 6.53. The summed E-state index contributed by atoms with van der Waals surface area (Å²) in [6.07, 6.45) is 1.20. The minimum absolute atomic E-state index is 0.00155. The number of likely N-dealkylation sites (N-methyl/N-ethyl adjacent to an activating group) is 1. The summed E-state index contributed by atoms with van der Waals surface area (Å²) >= 11 is 0. The van der Waals surface area contributed by atoms with Crippen LogP contribution in [-0.4, -0.2) is 85.4 Å². The average Bonchev–Trinajstić information content (AvgIpc) is 3.58. The van der Waals surface area contributed by atoms with Gasteiger partial charge in [0.15, 0.2) is 5.69 Å². The van der Waals surface area contributed by atoms with E-state index in [0.29, 0.717) is 17.8 Å². The number of halogens is 1. The Labute approximate surface area is 237 Å². The lowest BCUT2D eigenvalue weighted by atomic mass is 10.2. The highest BCUT2D eigenvalue weighted by Crippen LogP contribution is 2.24. The molecule has 3 heterocycles. The zero-order valence-electron chi connectivity index (χ0n) is 22.4. The Balaban J connectivity index is 1.36. The number of non-ortho nitro benzene ring substituents is 1. The highest BCUT2D eigenvalue weighted by Gasteiger charge is 2.26. The maximum Gasteiger partial charge on any atom is 0.293 e. The number of nitrogens with zero attached hydrogens (tertiary/aromatic N) is 9. The third-order valence-corrected chi connectivity index (χ3v) is 6.50. The van der Waals surface area contributed by atoms with Gasteiger partial charge in [0.05, 0.1) is 16.8 Å². The maximum atomic E-state index is 13.5. The largest absolute Gasteiger partial charge is 0.488 e. The van der Waals surface area contributed by atoms with Crippen LogP contribution in [0.5, 0.6) is 5.75 Å². The molecule has 0 radical (unpaired) electrons. The zero-order chi connectivity index (χ0) is 29.6. The number of piperazine rings is 1.